The molecule has 0 atom stereocenters. The number of hydrogen-bond acceptors (Lipinski definition) is 7. The Hall–Kier alpha value is -1.12. The van der Waals surface area contributed by atoms with Crippen LogP contribution in [0.5, 0.6) is 0 Å². The van der Waals surface area contributed by atoms with Crippen molar-refractivity contribution in [2.45, 2.75) is 49.2 Å². The first kappa shape index (κ1) is 12.9. The van der Waals surface area contributed by atoms with Crippen LogP contribution < -0.4 is 11.4 Å². The van der Waals surface area contributed by atoms with Crippen molar-refractivity contribution in [1.82, 2.24) is 20.4 Å². The van der Waals surface area contributed by atoms with E-state index in [1.54, 1.807) is 11.8 Å². The molecule has 1 heterocycles. The van der Waals surface area contributed by atoms with Gasteiger partial charge in [0.2, 0.25) is 0 Å². The fraction of sp³-hybridized carbons (Fsp3) is 0.727. The molecule has 0 spiro atoms. The maximum Gasteiger partial charge on any atom is 0.327 e. The van der Waals surface area contributed by atoms with Gasteiger partial charge < -0.3 is 9.40 Å². The third kappa shape index (κ3) is 3.07. The molecule has 0 amide bonds. The Labute approximate surface area is 115 Å². The summed E-state index contributed by atoms with van der Waals surface area (Å²) >= 11 is 1.56. The normalized spacial score (nSPS) is 18.6. The van der Waals surface area contributed by atoms with Crippen LogP contribution >= 0.6 is 11.8 Å². The summed E-state index contributed by atoms with van der Waals surface area (Å²) < 4.78 is 2.27. The predicted molar refractivity (Wildman–Crippen MR) is 69.0 cm³/mol. The van der Waals surface area contributed by atoms with Gasteiger partial charge in [0.05, 0.1) is 6.42 Å². The second-order valence-corrected chi connectivity index (χ2v) is 5.97. The van der Waals surface area contributed by atoms with E-state index in [2.05, 4.69) is 19.6 Å². The summed E-state index contributed by atoms with van der Waals surface area (Å²) in [4.78, 5) is 15.6. The lowest BCUT2D eigenvalue weighted by Crippen LogP contribution is -2.26. The second-order valence-electron chi connectivity index (χ2n) is 4.91. The molecule has 0 bridgehead atoms. The molecule has 1 aromatic heterocycles. The van der Waals surface area contributed by atoms with Crippen molar-refractivity contribution >= 4 is 17.7 Å². The molecule has 2 saturated carbocycles. The first-order valence-electron chi connectivity index (χ1n) is 6.52. The monoisotopic (exact) mass is 283 g/mol. The Kier molecular flexibility index (Phi) is 3.72. The Balaban J connectivity index is 1.59. The fourth-order valence-electron chi connectivity index (χ4n) is 2.03. The SMILES string of the molecule is NNOC(=O)CCSc1nnc(C2CC2)n1C1CC1. The van der Waals surface area contributed by atoms with Crippen LogP contribution in [0.1, 0.15) is 49.9 Å². The minimum atomic E-state index is -0.366. The van der Waals surface area contributed by atoms with Gasteiger partial charge >= 0.3 is 5.97 Å². The maximum absolute atomic E-state index is 11.2. The standard InChI is InChI=1S/C11H17N5O2S/c12-15-18-9(17)5-6-19-11-14-13-10(7-1-2-7)16(11)8-3-4-8/h7-8,15H,1-6,12H2. The van der Waals surface area contributed by atoms with Crippen LogP contribution in [0.25, 0.3) is 0 Å². The van der Waals surface area contributed by atoms with Crippen molar-refractivity contribution in [3.05, 3.63) is 5.82 Å². The molecule has 8 heteroatoms. The molecular weight excluding hydrogens is 266 g/mol. The molecule has 7 nitrogen and oxygen atoms in total. The molecule has 3 rings (SSSR count). The lowest BCUT2D eigenvalue weighted by atomic mass is 10.4. The van der Waals surface area contributed by atoms with E-state index >= 15 is 0 Å². The van der Waals surface area contributed by atoms with E-state index in [0.717, 1.165) is 11.0 Å². The number of carbonyl (C=O) groups is 1. The summed E-state index contributed by atoms with van der Waals surface area (Å²) in [6.07, 6.45) is 5.17. The highest BCUT2D eigenvalue weighted by molar-refractivity contribution is 7.99. The van der Waals surface area contributed by atoms with Crippen molar-refractivity contribution < 1.29 is 9.63 Å². The van der Waals surface area contributed by atoms with Gasteiger partial charge in [0.15, 0.2) is 5.16 Å². The van der Waals surface area contributed by atoms with Gasteiger partial charge in [0.1, 0.15) is 5.82 Å². The second kappa shape index (κ2) is 5.48. The number of carbonyl (C=O) groups excluding carboxylic acids is 1. The van der Waals surface area contributed by atoms with E-state index in [-0.39, 0.29) is 5.97 Å². The van der Waals surface area contributed by atoms with Crippen molar-refractivity contribution in [3.63, 3.8) is 0 Å². The van der Waals surface area contributed by atoms with E-state index in [1.807, 2.05) is 5.59 Å². The quantitative estimate of drug-likeness (QED) is 0.436. The van der Waals surface area contributed by atoms with Crippen molar-refractivity contribution in [1.29, 1.82) is 0 Å². The fourth-order valence-corrected chi connectivity index (χ4v) is 2.96. The summed E-state index contributed by atoms with van der Waals surface area (Å²) in [7, 11) is 0. The smallest absolute Gasteiger partial charge is 0.327 e. The molecule has 0 unspecified atom stereocenters. The van der Waals surface area contributed by atoms with E-state index < -0.39 is 0 Å². The number of thioether (sulfide) groups is 1. The minimum Gasteiger partial charge on any atom is -0.356 e. The van der Waals surface area contributed by atoms with E-state index in [4.69, 9.17) is 5.84 Å². The molecule has 0 radical (unpaired) electrons. The summed E-state index contributed by atoms with van der Waals surface area (Å²) in [5, 5.41) is 9.51. The average molecular weight is 283 g/mol. The molecule has 0 saturated heterocycles. The molecule has 3 N–H and O–H groups in total. The maximum atomic E-state index is 11.2. The zero-order valence-corrected chi connectivity index (χ0v) is 11.4. The van der Waals surface area contributed by atoms with Gasteiger partial charge in [-0.15, -0.1) is 10.2 Å². The molecule has 2 aliphatic carbocycles. The van der Waals surface area contributed by atoms with Gasteiger partial charge in [-0.2, -0.15) is 0 Å². The van der Waals surface area contributed by atoms with Gasteiger partial charge in [-0.25, -0.2) is 5.84 Å². The number of rotatable bonds is 7. The van der Waals surface area contributed by atoms with Crippen LogP contribution in [0.15, 0.2) is 5.16 Å². The van der Waals surface area contributed by atoms with Gasteiger partial charge in [-0.05, 0) is 25.7 Å². The van der Waals surface area contributed by atoms with Crippen molar-refractivity contribution in [3.8, 4) is 0 Å². The molecule has 1 aromatic rings. The summed E-state index contributed by atoms with van der Waals surface area (Å²) in [6.45, 7) is 0. The van der Waals surface area contributed by atoms with Crippen molar-refractivity contribution in [2.24, 2.45) is 5.84 Å². The summed E-state index contributed by atoms with van der Waals surface area (Å²) in [6, 6.07) is 0.575. The molecule has 104 valence electrons. The predicted octanol–water partition coefficient (Wildman–Crippen LogP) is 0.894. The lowest BCUT2D eigenvalue weighted by Gasteiger charge is -2.07. The van der Waals surface area contributed by atoms with E-state index in [0.29, 0.717) is 24.1 Å². The average Bonchev–Trinajstić information content (AvgIpc) is 3.29. The number of hydrogen-bond donors (Lipinski definition) is 2. The molecule has 2 aliphatic rings. The van der Waals surface area contributed by atoms with E-state index in [9.17, 15) is 4.79 Å². The molecular formula is C11H17N5O2S. The van der Waals surface area contributed by atoms with Gasteiger partial charge in [0.25, 0.3) is 0 Å². The van der Waals surface area contributed by atoms with Crippen LogP contribution in [-0.4, -0.2) is 26.5 Å². The molecule has 2 fully saturated rings. The zero-order chi connectivity index (χ0) is 13.2. The zero-order valence-electron chi connectivity index (χ0n) is 10.5. The number of aromatic nitrogens is 3. The summed E-state index contributed by atoms with van der Waals surface area (Å²) in [5.74, 6) is 6.90. The van der Waals surface area contributed by atoms with Crippen molar-refractivity contribution in [2.75, 3.05) is 5.75 Å². The first-order chi connectivity index (χ1) is 9.29. The number of nitrogens with zero attached hydrogens (tertiary/aromatic N) is 3. The minimum absolute atomic E-state index is 0.297. The van der Waals surface area contributed by atoms with Crippen LogP contribution in [-0.2, 0) is 9.63 Å². The Morgan fingerprint density at radius 2 is 2.21 bits per heavy atom. The van der Waals surface area contributed by atoms with Gasteiger partial charge in [-0.1, -0.05) is 17.4 Å². The number of hydrazine groups is 1. The Morgan fingerprint density at radius 1 is 1.42 bits per heavy atom. The molecule has 19 heavy (non-hydrogen) atoms. The van der Waals surface area contributed by atoms with Gasteiger partial charge in [-0.3, -0.25) is 4.79 Å². The highest BCUT2D eigenvalue weighted by atomic mass is 32.2. The van der Waals surface area contributed by atoms with Crippen LogP contribution in [0, 0.1) is 0 Å². The topological polar surface area (TPSA) is 95.1 Å². The number of nitrogens with two attached hydrogens (primary N) is 1. The Morgan fingerprint density at radius 3 is 2.84 bits per heavy atom. The number of nitrogens with one attached hydrogen (secondary N) is 1. The molecule has 0 aromatic carbocycles. The van der Waals surface area contributed by atoms with Crippen LogP contribution in [0.2, 0.25) is 0 Å². The van der Waals surface area contributed by atoms with E-state index in [1.165, 1.54) is 25.7 Å². The van der Waals surface area contributed by atoms with Crippen LogP contribution in [0.3, 0.4) is 0 Å². The van der Waals surface area contributed by atoms with Gasteiger partial charge in [0, 0.05) is 17.7 Å². The lowest BCUT2D eigenvalue weighted by molar-refractivity contribution is -0.150. The highest BCUT2D eigenvalue weighted by Crippen LogP contribution is 2.45. The molecule has 0 aliphatic heterocycles. The highest BCUT2D eigenvalue weighted by Gasteiger charge is 2.36. The third-order valence-electron chi connectivity index (χ3n) is 3.26. The first-order valence-corrected chi connectivity index (χ1v) is 7.51. The largest absolute Gasteiger partial charge is 0.356 e. The third-order valence-corrected chi connectivity index (χ3v) is 4.20. The van der Waals surface area contributed by atoms with Crippen LogP contribution in [0.4, 0.5) is 0 Å². The summed E-state index contributed by atoms with van der Waals surface area (Å²) in [5.41, 5.74) is 1.89. The Bertz CT molecular complexity index is 470.